The standard InChI is InChI=1S/C14H19BrO/c1-11-7-8-13(16-11)9-10-14(15)12-5-3-2-4-6-12/h2-6,11,13-14H,7-10H2,1H3. The molecule has 1 saturated heterocycles. The molecule has 0 bridgehead atoms. The molecule has 2 heteroatoms. The number of hydrogen-bond donors (Lipinski definition) is 0. The summed E-state index contributed by atoms with van der Waals surface area (Å²) in [6, 6.07) is 10.6. The van der Waals surface area contributed by atoms with E-state index in [9.17, 15) is 0 Å². The lowest BCUT2D eigenvalue weighted by Crippen LogP contribution is -2.08. The normalized spacial score (nSPS) is 26.9. The number of alkyl halides is 1. The van der Waals surface area contributed by atoms with Gasteiger partial charge in [0, 0.05) is 4.83 Å². The molecule has 1 aliphatic heterocycles. The van der Waals surface area contributed by atoms with Crippen molar-refractivity contribution in [2.75, 3.05) is 0 Å². The molecule has 1 fully saturated rings. The van der Waals surface area contributed by atoms with Crippen LogP contribution in [0.1, 0.15) is 43.0 Å². The highest BCUT2D eigenvalue weighted by Gasteiger charge is 2.22. The van der Waals surface area contributed by atoms with Crippen molar-refractivity contribution in [2.45, 2.75) is 49.6 Å². The van der Waals surface area contributed by atoms with E-state index in [1.165, 1.54) is 18.4 Å². The van der Waals surface area contributed by atoms with Crippen molar-refractivity contribution < 1.29 is 4.74 Å². The van der Waals surface area contributed by atoms with Crippen molar-refractivity contribution in [3.05, 3.63) is 35.9 Å². The second kappa shape index (κ2) is 5.83. The van der Waals surface area contributed by atoms with Gasteiger partial charge >= 0.3 is 0 Å². The van der Waals surface area contributed by atoms with Crippen LogP contribution in [0.5, 0.6) is 0 Å². The summed E-state index contributed by atoms with van der Waals surface area (Å²) in [4.78, 5) is 0.466. The van der Waals surface area contributed by atoms with Crippen molar-refractivity contribution in [3.63, 3.8) is 0 Å². The molecule has 1 aromatic rings. The van der Waals surface area contributed by atoms with Gasteiger partial charge in [0.15, 0.2) is 0 Å². The van der Waals surface area contributed by atoms with E-state index in [-0.39, 0.29) is 0 Å². The number of hydrogen-bond acceptors (Lipinski definition) is 1. The van der Waals surface area contributed by atoms with Crippen LogP contribution in [0.2, 0.25) is 0 Å². The largest absolute Gasteiger partial charge is 0.375 e. The van der Waals surface area contributed by atoms with E-state index in [0.29, 0.717) is 17.0 Å². The molecule has 3 atom stereocenters. The topological polar surface area (TPSA) is 9.23 Å². The molecule has 0 saturated carbocycles. The van der Waals surface area contributed by atoms with Crippen LogP contribution in [-0.2, 0) is 4.74 Å². The highest BCUT2D eigenvalue weighted by Crippen LogP contribution is 2.31. The lowest BCUT2D eigenvalue weighted by atomic mass is 10.0. The fourth-order valence-electron chi connectivity index (χ4n) is 2.26. The molecule has 1 nitrogen and oxygen atoms in total. The molecular formula is C14H19BrO. The zero-order chi connectivity index (χ0) is 11.4. The van der Waals surface area contributed by atoms with E-state index in [2.05, 4.69) is 53.2 Å². The molecule has 1 aliphatic rings. The first kappa shape index (κ1) is 12.1. The monoisotopic (exact) mass is 282 g/mol. The van der Waals surface area contributed by atoms with Crippen molar-refractivity contribution in [3.8, 4) is 0 Å². The van der Waals surface area contributed by atoms with Gasteiger partial charge < -0.3 is 4.74 Å². The number of benzene rings is 1. The van der Waals surface area contributed by atoms with Crippen LogP contribution >= 0.6 is 15.9 Å². The summed E-state index contributed by atoms with van der Waals surface area (Å²) in [7, 11) is 0. The van der Waals surface area contributed by atoms with Crippen LogP contribution in [0, 0.1) is 0 Å². The Morgan fingerprint density at radius 2 is 2.06 bits per heavy atom. The molecule has 16 heavy (non-hydrogen) atoms. The average Bonchev–Trinajstić information content (AvgIpc) is 2.73. The molecular weight excluding hydrogens is 264 g/mol. The Kier molecular flexibility index (Phi) is 4.42. The Morgan fingerprint density at radius 3 is 2.69 bits per heavy atom. The van der Waals surface area contributed by atoms with Crippen LogP contribution in [0.3, 0.4) is 0 Å². The van der Waals surface area contributed by atoms with Gasteiger partial charge in [-0.15, -0.1) is 0 Å². The Morgan fingerprint density at radius 1 is 1.31 bits per heavy atom. The SMILES string of the molecule is CC1CCC(CCC(Br)c2ccccc2)O1. The van der Waals surface area contributed by atoms with Gasteiger partial charge in [0.1, 0.15) is 0 Å². The van der Waals surface area contributed by atoms with Crippen molar-refractivity contribution in [1.82, 2.24) is 0 Å². The summed E-state index contributed by atoms with van der Waals surface area (Å²) >= 11 is 3.75. The van der Waals surface area contributed by atoms with Crippen LogP contribution in [0.25, 0.3) is 0 Å². The van der Waals surface area contributed by atoms with E-state index in [4.69, 9.17) is 4.74 Å². The number of ether oxygens (including phenoxy) is 1. The maximum atomic E-state index is 5.83. The van der Waals surface area contributed by atoms with Crippen molar-refractivity contribution in [2.24, 2.45) is 0 Å². The second-order valence-electron chi connectivity index (χ2n) is 4.60. The smallest absolute Gasteiger partial charge is 0.0580 e. The zero-order valence-electron chi connectivity index (χ0n) is 9.73. The molecule has 88 valence electrons. The van der Waals surface area contributed by atoms with E-state index in [1.54, 1.807) is 0 Å². The van der Waals surface area contributed by atoms with Crippen LogP contribution < -0.4 is 0 Å². The van der Waals surface area contributed by atoms with E-state index >= 15 is 0 Å². The third kappa shape index (κ3) is 3.33. The third-order valence-corrected chi connectivity index (χ3v) is 4.21. The quantitative estimate of drug-likeness (QED) is 0.741. The maximum Gasteiger partial charge on any atom is 0.0580 e. The fraction of sp³-hybridized carbons (Fsp3) is 0.571. The van der Waals surface area contributed by atoms with Gasteiger partial charge in [-0.3, -0.25) is 0 Å². The van der Waals surface area contributed by atoms with Gasteiger partial charge in [-0.2, -0.15) is 0 Å². The summed E-state index contributed by atoms with van der Waals surface area (Å²) in [6.45, 7) is 2.17. The summed E-state index contributed by atoms with van der Waals surface area (Å²) in [5, 5.41) is 0. The number of halogens is 1. The highest BCUT2D eigenvalue weighted by molar-refractivity contribution is 9.09. The lowest BCUT2D eigenvalue weighted by molar-refractivity contribution is 0.0499. The summed E-state index contributed by atoms with van der Waals surface area (Å²) in [5.41, 5.74) is 1.37. The highest BCUT2D eigenvalue weighted by atomic mass is 79.9. The predicted molar refractivity (Wildman–Crippen MR) is 70.9 cm³/mol. The van der Waals surface area contributed by atoms with Gasteiger partial charge in [-0.1, -0.05) is 46.3 Å². The molecule has 1 aromatic carbocycles. The molecule has 0 aliphatic carbocycles. The fourth-order valence-corrected chi connectivity index (χ4v) is 2.83. The van der Waals surface area contributed by atoms with E-state index in [0.717, 1.165) is 12.8 Å². The summed E-state index contributed by atoms with van der Waals surface area (Å²) in [6.07, 6.45) is 5.73. The van der Waals surface area contributed by atoms with Gasteiger partial charge in [-0.25, -0.2) is 0 Å². The third-order valence-electron chi connectivity index (χ3n) is 3.22. The first-order valence-electron chi connectivity index (χ1n) is 6.10. The molecule has 0 amide bonds. The molecule has 0 spiro atoms. The minimum absolute atomic E-state index is 0.466. The number of rotatable bonds is 4. The van der Waals surface area contributed by atoms with E-state index < -0.39 is 0 Å². The Bertz CT molecular complexity index is 312. The van der Waals surface area contributed by atoms with Gasteiger partial charge in [0.2, 0.25) is 0 Å². The van der Waals surface area contributed by atoms with Gasteiger partial charge in [0.05, 0.1) is 12.2 Å². The first-order valence-corrected chi connectivity index (χ1v) is 7.02. The second-order valence-corrected chi connectivity index (χ2v) is 5.71. The van der Waals surface area contributed by atoms with Gasteiger partial charge in [-0.05, 0) is 38.2 Å². The molecule has 3 unspecified atom stereocenters. The maximum absolute atomic E-state index is 5.83. The molecule has 0 N–H and O–H groups in total. The Labute approximate surface area is 106 Å². The first-order chi connectivity index (χ1) is 7.75. The Balaban J connectivity index is 1.78. The summed E-state index contributed by atoms with van der Waals surface area (Å²) < 4.78 is 5.83. The average molecular weight is 283 g/mol. The molecule has 2 rings (SSSR count). The molecule has 1 heterocycles. The predicted octanol–water partition coefficient (Wildman–Crippen LogP) is 4.47. The van der Waals surface area contributed by atoms with Crippen LogP contribution in [-0.4, -0.2) is 12.2 Å². The van der Waals surface area contributed by atoms with Crippen LogP contribution in [0.4, 0.5) is 0 Å². The lowest BCUT2D eigenvalue weighted by Gasteiger charge is -2.14. The minimum Gasteiger partial charge on any atom is -0.375 e. The van der Waals surface area contributed by atoms with E-state index in [1.807, 2.05) is 0 Å². The van der Waals surface area contributed by atoms with Crippen molar-refractivity contribution in [1.29, 1.82) is 0 Å². The zero-order valence-corrected chi connectivity index (χ0v) is 11.3. The minimum atomic E-state index is 0.466. The van der Waals surface area contributed by atoms with Crippen molar-refractivity contribution >= 4 is 15.9 Å². The summed E-state index contributed by atoms with van der Waals surface area (Å²) in [5.74, 6) is 0. The van der Waals surface area contributed by atoms with Crippen LogP contribution in [0.15, 0.2) is 30.3 Å². The Hall–Kier alpha value is -0.340. The molecule has 0 aromatic heterocycles. The van der Waals surface area contributed by atoms with Gasteiger partial charge in [0.25, 0.3) is 0 Å². The molecule has 0 radical (unpaired) electrons.